The number of amides is 2. The van der Waals surface area contributed by atoms with Crippen molar-refractivity contribution in [1.82, 2.24) is 10.2 Å². The van der Waals surface area contributed by atoms with Crippen LogP contribution in [0.25, 0.3) is 0 Å². The summed E-state index contributed by atoms with van der Waals surface area (Å²) in [6.07, 6.45) is 0.0743. The van der Waals surface area contributed by atoms with E-state index in [2.05, 4.69) is 21.2 Å². The van der Waals surface area contributed by atoms with Gasteiger partial charge in [0.05, 0.1) is 24.7 Å². The molecule has 1 aliphatic heterocycles. The first kappa shape index (κ1) is 16.6. The number of hydrogen-bond acceptors (Lipinski definition) is 5. The summed E-state index contributed by atoms with van der Waals surface area (Å²) >= 11 is 3.33. The van der Waals surface area contributed by atoms with Crippen LogP contribution < -0.4 is 15.2 Å². The molecule has 9 heteroatoms. The number of aromatic nitrogens is 2. The second-order valence-electron chi connectivity index (χ2n) is 5.67. The Bertz CT molecular complexity index is 842. The van der Waals surface area contributed by atoms with Crippen LogP contribution in [0.4, 0.5) is 5.69 Å². The van der Waals surface area contributed by atoms with E-state index >= 15 is 0 Å². The number of nitrogens with zero attached hydrogens (tertiary/aromatic N) is 3. The molecule has 0 spiro atoms. The van der Waals surface area contributed by atoms with Crippen LogP contribution in [0.3, 0.4) is 0 Å². The first-order chi connectivity index (χ1) is 11.4. The van der Waals surface area contributed by atoms with Crippen LogP contribution in [0.5, 0.6) is 0 Å². The van der Waals surface area contributed by atoms with Gasteiger partial charge in [-0.05, 0) is 36.6 Å². The number of hydrogen-bond donors (Lipinski definition) is 1. The van der Waals surface area contributed by atoms with E-state index in [9.17, 15) is 14.4 Å². The fraction of sp³-hybridized carbons (Fsp3) is 0.333. The van der Waals surface area contributed by atoms with Crippen LogP contribution in [-0.4, -0.2) is 35.1 Å². The highest BCUT2D eigenvalue weighted by atomic mass is 79.9. The van der Waals surface area contributed by atoms with Gasteiger partial charge in [-0.1, -0.05) is 20.6 Å². The largest absolute Gasteiger partial charge is 0.431 e. The van der Waals surface area contributed by atoms with E-state index in [0.29, 0.717) is 11.4 Å². The van der Waals surface area contributed by atoms with Crippen LogP contribution >= 0.6 is 15.9 Å². The molecule has 0 radical (unpaired) electrons. The quantitative estimate of drug-likeness (QED) is 0.594. The highest BCUT2D eigenvalue weighted by Crippen LogP contribution is 2.26. The van der Waals surface area contributed by atoms with E-state index in [1.165, 1.54) is 9.58 Å². The second-order valence-corrected chi connectivity index (χ2v) is 6.58. The van der Waals surface area contributed by atoms with Crippen LogP contribution in [0.2, 0.25) is 0 Å². The molecule has 1 fully saturated rings. The van der Waals surface area contributed by atoms with Crippen molar-refractivity contribution >= 4 is 33.4 Å². The number of aryl methyl sites for hydroxylation is 1. The van der Waals surface area contributed by atoms with Gasteiger partial charge in [0.1, 0.15) is 0 Å². The fourth-order valence-electron chi connectivity index (χ4n) is 2.70. The Morgan fingerprint density at radius 2 is 2.00 bits per heavy atom. The average Bonchev–Trinajstić information content (AvgIpc) is 3.02. The maximum absolute atomic E-state index is 12.7. The molecule has 2 aromatic rings. The van der Waals surface area contributed by atoms with Gasteiger partial charge >= 0.3 is 11.3 Å². The summed E-state index contributed by atoms with van der Waals surface area (Å²) < 4.78 is 7.01. The van der Waals surface area contributed by atoms with Gasteiger partial charge in [0.15, 0.2) is 7.05 Å². The molecule has 1 aliphatic rings. The summed E-state index contributed by atoms with van der Waals surface area (Å²) in [5, 5.41) is 2.43. The van der Waals surface area contributed by atoms with Crippen molar-refractivity contribution in [2.24, 2.45) is 7.05 Å². The Balaban J connectivity index is 1.80. The third-order valence-corrected chi connectivity index (χ3v) is 4.58. The van der Waals surface area contributed by atoms with Gasteiger partial charge < -0.3 is 0 Å². The monoisotopic (exact) mass is 395 g/mol. The number of benzene rings is 1. The van der Waals surface area contributed by atoms with E-state index in [4.69, 9.17) is 4.52 Å². The predicted octanol–water partition coefficient (Wildman–Crippen LogP) is 0.319. The van der Waals surface area contributed by atoms with Crippen molar-refractivity contribution in [2.45, 2.75) is 19.0 Å². The van der Waals surface area contributed by atoms with Gasteiger partial charge in [-0.25, -0.2) is 9.69 Å². The molecule has 1 aromatic heterocycles. The standard InChI is InChI=1S/C15H15BrN4O4/c1-18(8-12-15(23)24-17-19(12)2)11-7-13(21)20(14(11)22)10-5-3-9(16)4-6-10/h3-6,11H,7-8H2,1-2H3/p+1. The number of aromatic amines is 1. The lowest BCUT2D eigenvalue weighted by Gasteiger charge is -2.20. The van der Waals surface area contributed by atoms with Gasteiger partial charge in [-0.15, -0.1) is 0 Å². The van der Waals surface area contributed by atoms with E-state index in [0.717, 1.165) is 4.47 Å². The van der Waals surface area contributed by atoms with Gasteiger partial charge in [0, 0.05) is 4.47 Å². The molecular weight excluding hydrogens is 380 g/mol. The lowest BCUT2D eigenvalue weighted by atomic mass is 10.2. The van der Waals surface area contributed by atoms with E-state index in [1.54, 1.807) is 43.3 Å². The number of carbonyl (C=O) groups is 2. The highest BCUT2D eigenvalue weighted by molar-refractivity contribution is 9.10. The van der Waals surface area contributed by atoms with Gasteiger partial charge in [0.2, 0.25) is 5.91 Å². The summed E-state index contributed by atoms with van der Waals surface area (Å²) in [4.78, 5) is 39.5. The third-order valence-electron chi connectivity index (χ3n) is 4.05. The van der Waals surface area contributed by atoms with Gasteiger partial charge in [-0.3, -0.25) is 19.0 Å². The molecule has 0 aliphatic carbocycles. The minimum absolute atomic E-state index is 0.0743. The van der Waals surface area contributed by atoms with Crippen molar-refractivity contribution in [3.63, 3.8) is 0 Å². The minimum Gasteiger partial charge on any atom is -0.284 e. The number of H-pyrrole nitrogens is 1. The third kappa shape index (κ3) is 2.92. The van der Waals surface area contributed by atoms with Crippen molar-refractivity contribution in [2.75, 3.05) is 11.9 Å². The fourth-order valence-corrected chi connectivity index (χ4v) is 2.96. The zero-order valence-electron chi connectivity index (χ0n) is 13.2. The Morgan fingerprint density at radius 3 is 2.58 bits per heavy atom. The maximum Gasteiger partial charge on any atom is 0.431 e. The molecule has 2 amide bonds. The van der Waals surface area contributed by atoms with Crippen molar-refractivity contribution in [1.29, 1.82) is 0 Å². The van der Waals surface area contributed by atoms with E-state index in [-0.39, 0.29) is 24.8 Å². The Hall–Kier alpha value is -2.26. The first-order valence-electron chi connectivity index (χ1n) is 7.27. The van der Waals surface area contributed by atoms with Crippen molar-refractivity contribution in [3.8, 4) is 0 Å². The summed E-state index contributed by atoms with van der Waals surface area (Å²) in [7, 11) is 3.34. The lowest BCUT2D eigenvalue weighted by Crippen LogP contribution is -2.44. The van der Waals surface area contributed by atoms with Crippen LogP contribution in [0, 0.1) is 0 Å². The average molecular weight is 396 g/mol. The molecular formula is C15H16BrN4O4+. The Kier molecular flexibility index (Phi) is 4.37. The van der Waals surface area contributed by atoms with Crippen molar-refractivity contribution < 1.29 is 18.8 Å². The SMILES string of the molecule is CN(Cc1c(=O)o[nH][n+]1C)C1CC(=O)N(c2ccc(Br)cc2)C1=O. The Labute approximate surface area is 145 Å². The predicted molar refractivity (Wildman–Crippen MR) is 87.0 cm³/mol. The molecule has 3 rings (SSSR count). The number of anilines is 1. The molecule has 0 bridgehead atoms. The maximum atomic E-state index is 12.7. The number of carbonyl (C=O) groups excluding carboxylic acids is 2. The summed E-state index contributed by atoms with van der Waals surface area (Å²) in [5.74, 6) is -0.558. The molecule has 24 heavy (non-hydrogen) atoms. The molecule has 1 unspecified atom stereocenters. The number of imide groups is 1. The molecule has 126 valence electrons. The molecule has 2 heterocycles. The van der Waals surface area contributed by atoms with Gasteiger partial charge in [0.25, 0.3) is 5.91 Å². The van der Waals surface area contributed by atoms with Crippen LogP contribution in [-0.2, 0) is 23.2 Å². The number of nitrogens with one attached hydrogen (secondary N) is 1. The van der Waals surface area contributed by atoms with Crippen LogP contribution in [0.1, 0.15) is 12.1 Å². The zero-order chi connectivity index (χ0) is 17.4. The van der Waals surface area contributed by atoms with Crippen LogP contribution in [0.15, 0.2) is 38.1 Å². The molecule has 1 aromatic carbocycles. The number of likely N-dealkylation sites (N-methyl/N-ethyl adjacent to an activating group) is 1. The Morgan fingerprint density at radius 1 is 1.33 bits per heavy atom. The summed E-state index contributed by atoms with van der Waals surface area (Å²) in [6.45, 7) is 0.195. The zero-order valence-corrected chi connectivity index (χ0v) is 14.7. The topological polar surface area (TPSA) is 90.5 Å². The molecule has 1 atom stereocenters. The first-order valence-corrected chi connectivity index (χ1v) is 8.06. The number of rotatable bonds is 4. The lowest BCUT2D eigenvalue weighted by molar-refractivity contribution is -0.746. The van der Waals surface area contributed by atoms with E-state index in [1.807, 2.05) is 0 Å². The minimum atomic E-state index is -0.615. The van der Waals surface area contributed by atoms with Crippen molar-refractivity contribution in [3.05, 3.63) is 44.9 Å². The molecule has 8 nitrogen and oxygen atoms in total. The van der Waals surface area contributed by atoms with E-state index < -0.39 is 11.7 Å². The van der Waals surface area contributed by atoms with Gasteiger partial charge in [-0.2, -0.15) is 0 Å². The molecule has 1 N–H and O–H groups in total. The second kappa shape index (κ2) is 6.33. The summed E-state index contributed by atoms with van der Waals surface area (Å²) in [5.41, 5.74) is 0.418. The smallest absolute Gasteiger partial charge is 0.284 e. The molecule has 1 saturated heterocycles. The normalized spacial score (nSPS) is 18.0. The number of halogens is 1. The molecule has 0 saturated carbocycles. The highest BCUT2D eigenvalue weighted by Gasteiger charge is 2.42. The summed E-state index contributed by atoms with van der Waals surface area (Å²) in [6, 6.07) is 6.36.